The average molecular weight is 383 g/mol. The number of aromatic carboxylic acids is 1. The molecule has 0 bridgehead atoms. The second kappa shape index (κ2) is 6.49. The summed E-state index contributed by atoms with van der Waals surface area (Å²) in [4.78, 5) is 15.7. The molecule has 0 spiro atoms. The number of rotatable bonds is 3. The fourth-order valence-electron chi connectivity index (χ4n) is 3.09. The molecule has 2 N–H and O–H groups in total. The van der Waals surface area contributed by atoms with Crippen LogP contribution < -0.4 is 0 Å². The lowest BCUT2D eigenvalue weighted by atomic mass is 9.99. The lowest BCUT2D eigenvalue weighted by Gasteiger charge is -2.12. The van der Waals surface area contributed by atoms with Crippen LogP contribution in [-0.4, -0.2) is 26.3 Å². The first-order valence-electron chi connectivity index (χ1n) is 8.20. The van der Waals surface area contributed by atoms with E-state index in [0.29, 0.717) is 5.56 Å². The van der Waals surface area contributed by atoms with E-state index in [9.17, 15) is 23.1 Å². The molecule has 0 aliphatic rings. The lowest BCUT2D eigenvalue weighted by Crippen LogP contribution is -2.08. The number of H-pyrrole nitrogens is 1. The van der Waals surface area contributed by atoms with Gasteiger partial charge < -0.3 is 5.11 Å². The second-order valence-corrected chi connectivity index (χ2v) is 6.07. The summed E-state index contributed by atoms with van der Waals surface area (Å²) in [5.41, 5.74) is -0.481. The lowest BCUT2D eigenvalue weighted by molar-refractivity contribution is -0.136. The summed E-state index contributed by atoms with van der Waals surface area (Å²) in [5, 5.41) is 15.8. The van der Waals surface area contributed by atoms with E-state index in [1.54, 1.807) is 36.4 Å². The number of hydrogen-bond donors (Lipinski definition) is 2. The largest absolute Gasteiger partial charge is 0.478 e. The predicted octanol–water partition coefficient (Wildman–Crippen LogP) is 5.01. The molecular weight excluding hydrogens is 371 g/mol. The SMILES string of the molecule is O=C(O)c1ccccc1-c1cc(C(F)(F)F)c2c(-c3ccccc3)[nH]nc2n1. The maximum atomic E-state index is 13.9. The summed E-state index contributed by atoms with van der Waals surface area (Å²) in [6, 6.07) is 15.2. The summed E-state index contributed by atoms with van der Waals surface area (Å²) in [6.45, 7) is 0. The molecule has 4 aromatic rings. The van der Waals surface area contributed by atoms with Gasteiger partial charge in [-0.25, -0.2) is 9.78 Å². The van der Waals surface area contributed by atoms with E-state index in [-0.39, 0.29) is 33.5 Å². The first-order chi connectivity index (χ1) is 13.4. The Kier molecular flexibility index (Phi) is 4.11. The molecule has 8 heteroatoms. The zero-order valence-corrected chi connectivity index (χ0v) is 14.2. The summed E-state index contributed by atoms with van der Waals surface area (Å²) < 4.78 is 41.6. The molecule has 0 aliphatic carbocycles. The van der Waals surface area contributed by atoms with E-state index in [0.717, 1.165) is 6.07 Å². The van der Waals surface area contributed by atoms with Gasteiger partial charge in [0.05, 0.1) is 27.9 Å². The predicted molar refractivity (Wildman–Crippen MR) is 96.7 cm³/mol. The van der Waals surface area contributed by atoms with Crippen molar-refractivity contribution in [1.82, 2.24) is 15.2 Å². The van der Waals surface area contributed by atoms with Crippen LogP contribution >= 0.6 is 0 Å². The number of fused-ring (bicyclic) bond motifs is 1. The van der Waals surface area contributed by atoms with Gasteiger partial charge in [0.1, 0.15) is 0 Å². The van der Waals surface area contributed by atoms with Gasteiger partial charge in [-0.3, -0.25) is 5.10 Å². The summed E-state index contributed by atoms with van der Waals surface area (Å²) in [7, 11) is 0. The van der Waals surface area contributed by atoms with Crippen molar-refractivity contribution in [3.05, 3.63) is 71.8 Å². The normalized spacial score (nSPS) is 11.7. The second-order valence-electron chi connectivity index (χ2n) is 6.07. The minimum absolute atomic E-state index is 0.0895. The number of carboxylic acid groups (broad SMARTS) is 1. The highest BCUT2D eigenvalue weighted by atomic mass is 19.4. The number of carboxylic acids is 1. The summed E-state index contributed by atoms with van der Waals surface area (Å²) >= 11 is 0. The Hall–Kier alpha value is -3.68. The third-order valence-electron chi connectivity index (χ3n) is 4.33. The fourth-order valence-corrected chi connectivity index (χ4v) is 3.09. The van der Waals surface area contributed by atoms with Crippen LogP contribution in [0, 0.1) is 0 Å². The zero-order chi connectivity index (χ0) is 19.9. The quantitative estimate of drug-likeness (QED) is 0.521. The van der Waals surface area contributed by atoms with Crippen molar-refractivity contribution in [3.63, 3.8) is 0 Å². The van der Waals surface area contributed by atoms with Crippen molar-refractivity contribution in [2.45, 2.75) is 6.18 Å². The van der Waals surface area contributed by atoms with Crippen molar-refractivity contribution in [1.29, 1.82) is 0 Å². The number of aromatic nitrogens is 3. The van der Waals surface area contributed by atoms with Crippen LogP contribution in [0.2, 0.25) is 0 Å². The van der Waals surface area contributed by atoms with E-state index < -0.39 is 17.7 Å². The fraction of sp³-hybridized carbons (Fsp3) is 0.0500. The maximum Gasteiger partial charge on any atom is 0.417 e. The molecule has 5 nitrogen and oxygen atoms in total. The molecule has 0 radical (unpaired) electrons. The van der Waals surface area contributed by atoms with Gasteiger partial charge >= 0.3 is 12.1 Å². The average Bonchev–Trinajstić information content (AvgIpc) is 3.11. The number of nitrogens with zero attached hydrogens (tertiary/aromatic N) is 2. The Balaban J connectivity index is 2.03. The van der Waals surface area contributed by atoms with Crippen LogP contribution in [0.1, 0.15) is 15.9 Å². The molecule has 28 heavy (non-hydrogen) atoms. The topological polar surface area (TPSA) is 78.9 Å². The minimum Gasteiger partial charge on any atom is -0.478 e. The first-order valence-corrected chi connectivity index (χ1v) is 8.20. The number of nitrogens with one attached hydrogen (secondary N) is 1. The molecule has 0 saturated heterocycles. The van der Waals surface area contributed by atoms with Crippen molar-refractivity contribution in [2.75, 3.05) is 0 Å². The van der Waals surface area contributed by atoms with E-state index in [1.807, 2.05) is 0 Å². The number of pyridine rings is 1. The van der Waals surface area contributed by atoms with E-state index in [1.165, 1.54) is 18.2 Å². The van der Waals surface area contributed by atoms with Crippen LogP contribution in [0.25, 0.3) is 33.5 Å². The highest BCUT2D eigenvalue weighted by Gasteiger charge is 2.36. The van der Waals surface area contributed by atoms with Crippen LogP contribution in [0.5, 0.6) is 0 Å². The molecule has 2 aromatic heterocycles. The Morgan fingerprint density at radius 3 is 2.36 bits per heavy atom. The third-order valence-corrected chi connectivity index (χ3v) is 4.33. The molecule has 4 rings (SSSR count). The third kappa shape index (κ3) is 2.98. The van der Waals surface area contributed by atoms with Crippen LogP contribution in [-0.2, 0) is 6.18 Å². The van der Waals surface area contributed by atoms with Gasteiger partial charge in [-0.15, -0.1) is 0 Å². The van der Waals surface area contributed by atoms with Gasteiger partial charge in [0.25, 0.3) is 0 Å². The maximum absolute atomic E-state index is 13.9. The van der Waals surface area contributed by atoms with Crippen molar-refractivity contribution in [2.24, 2.45) is 0 Å². The van der Waals surface area contributed by atoms with Crippen LogP contribution in [0.4, 0.5) is 13.2 Å². The monoisotopic (exact) mass is 383 g/mol. The highest BCUT2D eigenvalue weighted by molar-refractivity contribution is 5.98. The molecule has 0 amide bonds. The van der Waals surface area contributed by atoms with E-state index in [2.05, 4.69) is 15.2 Å². The summed E-state index contributed by atoms with van der Waals surface area (Å²) in [5.74, 6) is -1.25. The van der Waals surface area contributed by atoms with Gasteiger partial charge in [0.15, 0.2) is 5.65 Å². The number of halogens is 3. The van der Waals surface area contributed by atoms with Crippen LogP contribution in [0.3, 0.4) is 0 Å². The van der Waals surface area contributed by atoms with Crippen molar-refractivity contribution in [3.8, 4) is 22.5 Å². The molecular formula is C20H12F3N3O2. The van der Waals surface area contributed by atoms with Gasteiger partial charge in [-0.05, 0) is 12.1 Å². The Morgan fingerprint density at radius 1 is 1.00 bits per heavy atom. The number of hydrogen-bond acceptors (Lipinski definition) is 3. The molecule has 0 aliphatic heterocycles. The summed E-state index contributed by atoms with van der Waals surface area (Å²) in [6.07, 6.45) is -4.68. The van der Waals surface area contributed by atoms with Gasteiger partial charge in [0, 0.05) is 11.1 Å². The number of alkyl halides is 3. The van der Waals surface area contributed by atoms with Gasteiger partial charge in [-0.1, -0.05) is 48.5 Å². The first kappa shape index (κ1) is 17.7. The van der Waals surface area contributed by atoms with E-state index >= 15 is 0 Å². The van der Waals surface area contributed by atoms with Gasteiger partial charge in [0.2, 0.25) is 0 Å². The Labute approximate surface area is 156 Å². The van der Waals surface area contributed by atoms with Crippen molar-refractivity contribution >= 4 is 17.0 Å². The molecule has 2 aromatic carbocycles. The Bertz CT molecular complexity index is 1180. The Morgan fingerprint density at radius 2 is 1.68 bits per heavy atom. The minimum atomic E-state index is -4.68. The molecule has 2 heterocycles. The molecule has 0 unspecified atom stereocenters. The van der Waals surface area contributed by atoms with E-state index in [4.69, 9.17) is 0 Å². The number of benzene rings is 2. The van der Waals surface area contributed by atoms with Crippen molar-refractivity contribution < 1.29 is 23.1 Å². The molecule has 0 atom stereocenters. The molecule has 140 valence electrons. The highest BCUT2D eigenvalue weighted by Crippen LogP contribution is 2.40. The van der Waals surface area contributed by atoms with Crippen LogP contribution in [0.15, 0.2) is 60.7 Å². The zero-order valence-electron chi connectivity index (χ0n) is 14.2. The number of aromatic amines is 1. The standard InChI is InChI=1S/C20H12F3N3O2/c21-20(22,23)14-10-15(12-8-4-5-9-13(12)19(27)28)24-18-16(14)17(25-26-18)11-6-2-1-3-7-11/h1-10H,(H,27,28)(H,24,25,26). The molecule has 0 saturated carbocycles. The smallest absolute Gasteiger partial charge is 0.417 e. The van der Waals surface area contributed by atoms with Gasteiger partial charge in [-0.2, -0.15) is 18.3 Å². The number of carbonyl (C=O) groups is 1. The molecule has 0 fully saturated rings.